The highest BCUT2D eigenvalue weighted by Crippen LogP contribution is 2.17. The minimum atomic E-state index is 0.0938. The number of rotatable bonds is 13. The maximum Gasteiger partial charge on any atom is 0.222 e. The standard InChI is InChI=1S/C21H41N3O2/c1-4-7-16-23-17-9-8-11-19(23)18-22-20(25)12-10-13-21(26)24(14-5-2)15-6-3/h19H,4-18H2,1-3H3,(H,22,25). The molecule has 1 aliphatic rings. The fourth-order valence-electron chi connectivity index (χ4n) is 3.73. The second-order valence-corrected chi connectivity index (χ2v) is 7.58. The fraction of sp³-hybridized carbons (Fsp3) is 0.905. The lowest BCUT2D eigenvalue weighted by Crippen LogP contribution is -2.47. The molecule has 0 aromatic rings. The van der Waals surface area contributed by atoms with Gasteiger partial charge >= 0.3 is 0 Å². The zero-order valence-corrected chi connectivity index (χ0v) is 17.4. The molecule has 0 bridgehead atoms. The normalized spacial score (nSPS) is 17.9. The third-order valence-corrected chi connectivity index (χ3v) is 5.22. The van der Waals surface area contributed by atoms with Crippen LogP contribution in [0.2, 0.25) is 0 Å². The number of hydrogen-bond acceptors (Lipinski definition) is 3. The van der Waals surface area contributed by atoms with Crippen LogP contribution >= 0.6 is 0 Å². The van der Waals surface area contributed by atoms with Gasteiger partial charge in [-0.2, -0.15) is 0 Å². The molecule has 1 unspecified atom stereocenters. The van der Waals surface area contributed by atoms with Crippen molar-refractivity contribution < 1.29 is 9.59 Å². The zero-order valence-electron chi connectivity index (χ0n) is 17.4. The minimum Gasteiger partial charge on any atom is -0.355 e. The molecule has 1 heterocycles. The molecule has 5 nitrogen and oxygen atoms in total. The summed E-state index contributed by atoms with van der Waals surface area (Å²) in [5.74, 6) is 0.288. The molecule has 152 valence electrons. The Bertz CT molecular complexity index is 395. The highest BCUT2D eigenvalue weighted by Gasteiger charge is 2.22. The van der Waals surface area contributed by atoms with E-state index in [1.54, 1.807) is 0 Å². The van der Waals surface area contributed by atoms with E-state index in [0.717, 1.165) is 39.0 Å². The van der Waals surface area contributed by atoms with E-state index in [1.807, 2.05) is 4.90 Å². The molecule has 1 saturated heterocycles. The van der Waals surface area contributed by atoms with Crippen LogP contribution in [0.1, 0.15) is 85.0 Å². The molecule has 26 heavy (non-hydrogen) atoms. The maximum absolute atomic E-state index is 12.2. The maximum atomic E-state index is 12.2. The lowest BCUT2D eigenvalue weighted by Gasteiger charge is -2.35. The van der Waals surface area contributed by atoms with Gasteiger partial charge < -0.3 is 10.2 Å². The minimum absolute atomic E-state index is 0.0938. The van der Waals surface area contributed by atoms with E-state index in [0.29, 0.717) is 25.3 Å². The van der Waals surface area contributed by atoms with Gasteiger partial charge in [-0.1, -0.05) is 33.6 Å². The molecule has 0 aromatic carbocycles. The Morgan fingerprint density at radius 3 is 2.38 bits per heavy atom. The van der Waals surface area contributed by atoms with Gasteiger partial charge in [0.1, 0.15) is 0 Å². The lowest BCUT2D eigenvalue weighted by molar-refractivity contribution is -0.131. The first-order chi connectivity index (χ1) is 12.6. The third kappa shape index (κ3) is 9.02. The molecule has 1 aliphatic heterocycles. The molecular formula is C21H41N3O2. The number of likely N-dealkylation sites (tertiary alicyclic amines) is 1. The summed E-state index contributed by atoms with van der Waals surface area (Å²) >= 11 is 0. The summed E-state index contributed by atoms with van der Waals surface area (Å²) in [4.78, 5) is 28.9. The SMILES string of the molecule is CCCCN1CCCCC1CNC(=O)CCCC(=O)N(CCC)CCC. The Morgan fingerprint density at radius 1 is 1.00 bits per heavy atom. The Balaban J connectivity index is 2.25. The Labute approximate surface area is 160 Å². The number of unbranched alkanes of at least 4 members (excludes halogenated alkanes) is 1. The Hall–Kier alpha value is -1.10. The van der Waals surface area contributed by atoms with Gasteiger partial charge in [-0.05, 0) is 51.6 Å². The van der Waals surface area contributed by atoms with Crippen LogP contribution < -0.4 is 5.32 Å². The molecule has 0 aromatic heterocycles. The number of piperidine rings is 1. The molecular weight excluding hydrogens is 326 g/mol. The van der Waals surface area contributed by atoms with Crippen LogP contribution in [0.5, 0.6) is 0 Å². The summed E-state index contributed by atoms with van der Waals surface area (Å²) < 4.78 is 0. The second-order valence-electron chi connectivity index (χ2n) is 7.58. The number of amides is 2. The van der Waals surface area contributed by atoms with Crippen LogP contribution in [-0.4, -0.2) is 60.4 Å². The van der Waals surface area contributed by atoms with Crippen molar-refractivity contribution in [1.82, 2.24) is 15.1 Å². The van der Waals surface area contributed by atoms with Gasteiger partial charge in [0.05, 0.1) is 0 Å². The van der Waals surface area contributed by atoms with Gasteiger partial charge in [0, 0.05) is 38.5 Å². The zero-order chi connectivity index (χ0) is 19.2. The highest BCUT2D eigenvalue weighted by molar-refractivity contribution is 5.79. The third-order valence-electron chi connectivity index (χ3n) is 5.22. The molecule has 1 fully saturated rings. The predicted octanol–water partition coefficient (Wildman–Crippen LogP) is 3.58. The van der Waals surface area contributed by atoms with E-state index in [4.69, 9.17) is 0 Å². The molecule has 5 heteroatoms. The first-order valence-electron chi connectivity index (χ1n) is 10.9. The topological polar surface area (TPSA) is 52.7 Å². The van der Waals surface area contributed by atoms with Gasteiger partial charge in [0.2, 0.25) is 11.8 Å². The highest BCUT2D eigenvalue weighted by atomic mass is 16.2. The fourth-order valence-corrected chi connectivity index (χ4v) is 3.73. The Kier molecular flexibility index (Phi) is 12.4. The molecule has 0 spiro atoms. The number of nitrogens with zero attached hydrogens (tertiary/aromatic N) is 2. The summed E-state index contributed by atoms with van der Waals surface area (Å²) in [6, 6.07) is 0.491. The van der Waals surface area contributed by atoms with Crippen LogP contribution in [0.15, 0.2) is 0 Å². The summed E-state index contributed by atoms with van der Waals surface area (Å²) in [7, 11) is 0. The van der Waals surface area contributed by atoms with Crippen molar-refractivity contribution in [3.63, 3.8) is 0 Å². The quantitative estimate of drug-likeness (QED) is 0.541. The van der Waals surface area contributed by atoms with Crippen molar-refractivity contribution in [3.8, 4) is 0 Å². The number of nitrogens with one attached hydrogen (secondary N) is 1. The molecule has 1 rings (SSSR count). The molecule has 2 amide bonds. The average Bonchev–Trinajstić information content (AvgIpc) is 2.65. The van der Waals surface area contributed by atoms with Crippen molar-refractivity contribution in [3.05, 3.63) is 0 Å². The van der Waals surface area contributed by atoms with Crippen molar-refractivity contribution in [1.29, 1.82) is 0 Å². The molecule has 0 aliphatic carbocycles. The summed E-state index contributed by atoms with van der Waals surface area (Å²) in [5.41, 5.74) is 0. The number of carbonyl (C=O) groups is 2. The summed E-state index contributed by atoms with van der Waals surface area (Å²) in [6.07, 6.45) is 9.76. The monoisotopic (exact) mass is 367 g/mol. The lowest BCUT2D eigenvalue weighted by atomic mass is 10.0. The molecule has 0 radical (unpaired) electrons. The summed E-state index contributed by atoms with van der Waals surface area (Å²) in [6.45, 7) is 11.1. The van der Waals surface area contributed by atoms with Crippen molar-refractivity contribution in [2.24, 2.45) is 0 Å². The first kappa shape index (κ1) is 22.9. The molecule has 1 atom stereocenters. The smallest absolute Gasteiger partial charge is 0.222 e. The van der Waals surface area contributed by atoms with Crippen LogP contribution in [0.3, 0.4) is 0 Å². The van der Waals surface area contributed by atoms with Crippen LogP contribution in [-0.2, 0) is 9.59 Å². The number of carbonyl (C=O) groups excluding carboxylic acids is 2. The first-order valence-corrected chi connectivity index (χ1v) is 10.9. The van der Waals surface area contributed by atoms with E-state index >= 15 is 0 Å². The van der Waals surface area contributed by atoms with E-state index in [-0.39, 0.29) is 11.8 Å². The largest absolute Gasteiger partial charge is 0.355 e. The van der Waals surface area contributed by atoms with E-state index in [9.17, 15) is 9.59 Å². The second kappa shape index (κ2) is 14.0. The van der Waals surface area contributed by atoms with Crippen LogP contribution in [0.25, 0.3) is 0 Å². The van der Waals surface area contributed by atoms with Crippen LogP contribution in [0.4, 0.5) is 0 Å². The number of hydrogen-bond donors (Lipinski definition) is 1. The predicted molar refractivity (Wildman–Crippen MR) is 108 cm³/mol. The summed E-state index contributed by atoms with van der Waals surface area (Å²) in [5, 5.41) is 3.11. The van der Waals surface area contributed by atoms with Crippen molar-refractivity contribution in [2.75, 3.05) is 32.7 Å². The van der Waals surface area contributed by atoms with Crippen molar-refractivity contribution in [2.45, 2.75) is 91.0 Å². The Morgan fingerprint density at radius 2 is 1.73 bits per heavy atom. The van der Waals surface area contributed by atoms with Gasteiger partial charge in [-0.15, -0.1) is 0 Å². The van der Waals surface area contributed by atoms with Gasteiger partial charge in [-0.25, -0.2) is 0 Å². The van der Waals surface area contributed by atoms with E-state index in [1.165, 1.54) is 38.6 Å². The van der Waals surface area contributed by atoms with Crippen molar-refractivity contribution >= 4 is 11.8 Å². The van der Waals surface area contributed by atoms with Crippen LogP contribution in [0, 0.1) is 0 Å². The van der Waals surface area contributed by atoms with Gasteiger partial charge in [0.25, 0.3) is 0 Å². The van der Waals surface area contributed by atoms with E-state index < -0.39 is 0 Å². The van der Waals surface area contributed by atoms with Gasteiger partial charge in [-0.3, -0.25) is 14.5 Å². The molecule has 0 saturated carbocycles. The van der Waals surface area contributed by atoms with Gasteiger partial charge in [0.15, 0.2) is 0 Å². The molecule has 1 N–H and O–H groups in total. The average molecular weight is 368 g/mol. The van der Waals surface area contributed by atoms with E-state index in [2.05, 4.69) is 31.0 Å².